The maximum Gasteiger partial charge on any atom is 0.317 e. The van der Waals surface area contributed by atoms with E-state index in [4.69, 9.17) is 4.74 Å². The van der Waals surface area contributed by atoms with Gasteiger partial charge in [-0.3, -0.25) is 24.6 Å². The Morgan fingerprint density at radius 1 is 1.08 bits per heavy atom. The van der Waals surface area contributed by atoms with Gasteiger partial charge in [-0.25, -0.2) is 9.18 Å². The van der Waals surface area contributed by atoms with Crippen molar-refractivity contribution in [3.05, 3.63) is 71.8 Å². The molecule has 0 spiro atoms. The van der Waals surface area contributed by atoms with Crippen LogP contribution in [0.3, 0.4) is 0 Å². The number of hydrogen-bond acceptors (Lipinski definition) is 7. The summed E-state index contributed by atoms with van der Waals surface area (Å²) in [5.74, 6) is -0.332. The average molecular weight is 659 g/mol. The number of methoxy groups -OCH3 is 1. The number of pyridine rings is 1. The quantitative estimate of drug-likeness (QED) is 0.338. The van der Waals surface area contributed by atoms with Crippen LogP contribution in [0.1, 0.15) is 35.8 Å². The van der Waals surface area contributed by atoms with Crippen molar-refractivity contribution >= 4 is 28.7 Å². The molecule has 3 aliphatic rings. The Kier molecular flexibility index (Phi) is 10.0. The van der Waals surface area contributed by atoms with E-state index in [0.29, 0.717) is 63.4 Å². The molecule has 12 nitrogen and oxygen atoms in total. The van der Waals surface area contributed by atoms with E-state index in [1.807, 2.05) is 43.0 Å². The van der Waals surface area contributed by atoms with E-state index in [-0.39, 0.29) is 30.4 Å². The van der Waals surface area contributed by atoms with Crippen molar-refractivity contribution < 1.29 is 23.5 Å². The molecule has 0 saturated carbocycles. The highest BCUT2D eigenvalue weighted by Gasteiger charge is 2.40. The summed E-state index contributed by atoms with van der Waals surface area (Å²) in [6.07, 6.45) is 6.46. The van der Waals surface area contributed by atoms with Crippen LogP contribution in [0, 0.1) is 12.8 Å². The third-order valence-electron chi connectivity index (χ3n) is 9.48. The molecule has 3 aromatic rings. The lowest BCUT2D eigenvalue weighted by Crippen LogP contribution is -2.61. The average Bonchev–Trinajstić information content (AvgIpc) is 3.53. The van der Waals surface area contributed by atoms with Crippen LogP contribution in [0.25, 0.3) is 22.2 Å². The Hall–Kier alpha value is -4.78. The molecule has 13 heteroatoms. The lowest BCUT2D eigenvalue weighted by molar-refractivity contribution is -0.140. The number of aromatic amines is 1. The smallest absolute Gasteiger partial charge is 0.317 e. The van der Waals surface area contributed by atoms with E-state index >= 15 is 4.39 Å². The second-order valence-electron chi connectivity index (χ2n) is 12.6. The number of piperidine rings is 1. The number of aryl methyl sites for hydroxylation is 1. The van der Waals surface area contributed by atoms with Gasteiger partial charge in [0.2, 0.25) is 5.91 Å². The van der Waals surface area contributed by atoms with Gasteiger partial charge in [-0.1, -0.05) is 6.08 Å². The molecule has 6 rings (SSSR count). The number of rotatable bonds is 8. The third-order valence-corrected chi connectivity index (χ3v) is 9.48. The number of halogens is 1. The van der Waals surface area contributed by atoms with Crippen LogP contribution in [0.2, 0.25) is 0 Å². The molecule has 2 aliphatic heterocycles. The number of carbonyl (C=O) groups excluding carboxylic acids is 3. The number of nitrogens with zero attached hydrogens (tertiary/aromatic N) is 5. The summed E-state index contributed by atoms with van der Waals surface area (Å²) in [7, 11) is 1.53. The van der Waals surface area contributed by atoms with Crippen molar-refractivity contribution in [2.45, 2.75) is 44.9 Å². The first-order valence-corrected chi connectivity index (χ1v) is 16.6. The van der Waals surface area contributed by atoms with Gasteiger partial charge in [0.05, 0.1) is 24.6 Å². The number of amides is 4. The first-order valence-electron chi connectivity index (χ1n) is 16.6. The Bertz CT molecular complexity index is 1720. The maximum atomic E-state index is 15.3. The summed E-state index contributed by atoms with van der Waals surface area (Å²) in [6, 6.07) is 8.42. The number of ether oxygens (including phenoxy) is 1. The summed E-state index contributed by atoms with van der Waals surface area (Å²) in [4.78, 5) is 49.7. The molecule has 1 aliphatic carbocycles. The first kappa shape index (κ1) is 33.1. The van der Waals surface area contributed by atoms with E-state index in [2.05, 4.69) is 25.8 Å². The minimum atomic E-state index is -1.27. The minimum Gasteiger partial charge on any atom is -0.501 e. The topological polar surface area (TPSA) is 136 Å². The number of benzene rings is 1. The van der Waals surface area contributed by atoms with Crippen molar-refractivity contribution in [3.8, 4) is 11.3 Å². The summed E-state index contributed by atoms with van der Waals surface area (Å²) >= 11 is 0. The van der Waals surface area contributed by atoms with E-state index in [9.17, 15) is 14.4 Å². The molecule has 4 heterocycles. The molecule has 254 valence electrons. The minimum absolute atomic E-state index is 0.0377. The molecule has 2 fully saturated rings. The lowest BCUT2D eigenvalue weighted by Gasteiger charge is -2.44. The summed E-state index contributed by atoms with van der Waals surface area (Å²) in [5, 5.41) is 14.4. The zero-order valence-electron chi connectivity index (χ0n) is 27.6. The van der Waals surface area contributed by atoms with Gasteiger partial charge in [0.25, 0.3) is 5.91 Å². The number of allylic oxidation sites excluding steroid dienone is 3. The SMILES string of the molecule is CCNC(=O)N1CCN(C(=O)[C@@H]2CC[C@@H](NC(=O)c3ccc4[nH]nc(-c5ccnc(C)c5)c4c3)CN2CC2C(OC)=CC=CC2F)CC1. The Balaban J connectivity index is 1.18. The predicted molar refractivity (Wildman–Crippen MR) is 180 cm³/mol. The van der Waals surface area contributed by atoms with E-state index in [1.54, 1.807) is 34.2 Å². The number of hydrogen-bond donors (Lipinski definition) is 3. The predicted octanol–water partition coefficient (Wildman–Crippen LogP) is 3.42. The fourth-order valence-electron chi connectivity index (χ4n) is 6.92. The van der Waals surface area contributed by atoms with Crippen LogP contribution >= 0.6 is 0 Å². The second-order valence-corrected chi connectivity index (χ2v) is 12.6. The number of nitrogens with one attached hydrogen (secondary N) is 3. The largest absolute Gasteiger partial charge is 0.501 e. The van der Waals surface area contributed by atoms with Crippen LogP contribution in [0.5, 0.6) is 0 Å². The summed E-state index contributed by atoms with van der Waals surface area (Å²) < 4.78 is 20.8. The van der Waals surface area contributed by atoms with E-state index < -0.39 is 18.1 Å². The highest BCUT2D eigenvalue weighted by Crippen LogP contribution is 2.30. The molecule has 0 radical (unpaired) electrons. The van der Waals surface area contributed by atoms with Crippen LogP contribution < -0.4 is 10.6 Å². The number of alkyl halides is 1. The molecular formula is C35H43FN8O4. The summed E-state index contributed by atoms with van der Waals surface area (Å²) in [5.41, 5.74) is 3.83. The maximum absolute atomic E-state index is 15.3. The number of fused-ring (bicyclic) bond motifs is 1. The lowest BCUT2D eigenvalue weighted by atomic mass is 9.91. The van der Waals surface area contributed by atoms with Crippen LogP contribution in [-0.2, 0) is 9.53 Å². The highest BCUT2D eigenvalue weighted by atomic mass is 19.1. The fraction of sp³-hybridized carbons (Fsp3) is 0.457. The third kappa shape index (κ3) is 7.05. The molecule has 2 saturated heterocycles. The fourth-order valence-corrected chi connectivity index (χ4v) is 6.92. The number of aromatic nitrogens is 3. The van der Waals surface area contributed by atoms with E-state index in [0.717, 1.165) is 27.9 Å². The molecule has 1 aromatic carbocycles. The van der Waals surface area contributed by atoms with Crippen molar-refractivity contribution in [1.29, 1.82) is 0 Å². The van der Waals surface area contributed by atoms with Crippen molar-refractivity contribution in [1.82, 2.24) is 40.5 Å². The van der Waals surface area contributed by atoms with Crippen molar-refractivity contribution in [2.75, 3.05) is 52.9 Å². The number of piperazine rings is 1. The van der Waals surface area contributed by atoms with Gasteiger partial charge in [0, 0.05) is 80.3 Å². The Morgan fingerprint density at radius 3 is 2.62 bits per heavy atom. The monoisotopic (exact) mass is 658 g/mol. The number of urea groups is 1. The normalized spacial score (nSPS) is 23.1. The van der Waals surface area contributed by atoms with Gasteiger partial charge >= 0.3 is 6.03 Å². The standard InChI is InChI=1S/C35H43FN8O4/c1-4-37-35(47)43-16-14-42(15-17-43)34(46)30-11-9-25(20-44(30)21-27-28(36)6-5-7-31(27)48-3)39-33(45)24-8-10-29-26(19-24)32(41-40-29)23-12-13-38-22(2)18-23/h5-8,10,12-13,18-19,25,27-28,30H,4,9,11,14-17,20-21H2,1-3H3,(H,37,47)(H,39,45)(H,40,41)/t25-,27?,28?,30+/m1/s1. The van der Waals surface area contributed by atoms with Gasteiger partial charge in [-0.05, 0) is 69.2 Å². The Morgan fingerprint density at radius 2 is 1.88 bits per heavy atom. The van der Waals surface area contributed by atoms with Gasteiger partial charge in [-0.15, -0.1) is 0 Å². The molecule has 4 atom stereocenters. The van der Waals surface area contributed by atoms with Crippen LogP contribution in [-0.4, -0.2) is 119 Å². The zero-order valence-corrected chi connectivity index (χ0v) is 27.6. The van der Waals surface area contributed by atoms with Crippen molar-refractivity contribution in [3.63, 3.8) is 0 Å². The molecule has 3 N–H and O–H groups in total. The first-order chi connectivity index (χ1) is 23.2. The molecule has 2 unspecified atom stereocenters. The Labute approximate surface area is 279 Å². The van der Waals surface area contributed by atoms with Crippen LogP contribution in [0.15, 0.2) is 60.5 Å². The molecule has 48 heavy (non-hydrogen) atoms. The second kappa shape index (κ2) is 14.5. The number of H-pyrrole nitrogens is 1. The number of likely N-dealkylation sites (tertiary alicyclic amines) is 1. The van der Waals surface area contributed by atoms with E-state index in [1.165, 1.54) is 13.2 Å². The molecular weight excluding hydrogens is 615 g/mol. The van der Waals surface area contributed by atoms with Gasteiger partial charge < -0.3 is 25.2 Å². The van der Waals surface area contributed by atoms with Gasteiger partial charge in [-0.2, -0.15) is 5.10 Å². The van der Waals surface area contributed by atoms with Crippen molar-refractivity contribution in [2.24, 2.45) is 5.92 Å². The molecule has 0 bridgehead atoms. The van der Waals surface area contributed by atoms with Gasteiger partial charge in [0.15, 0.2) is 0 Å². The molecule has 2 aromatic heterocycles. The zero-order chi connectivity index (χ0) is 33.8. The number of carbonyl (C=O) groups is 3. The highest BCUT2D eigenvalue weighted by molar-refractivity contribution is 6.01. The van der Waals surface area contributed by atoms with Gasteiger partial charge in [0.1, 0.15) is 17.6 Å². The van der Waals surface area contributed by atoms with Crippen LogP contribution in [0.4, 0.5) is 9.18 Å². The molecule has 4 amide bonds. The summed E-state index contributed by atoms with van der Waals surface area (Å²) in [6.45, 7) is 6.72.